The number of hydrogen-bond acceptors (Lipinski definition) is 3. The molecule has 0 saturated carbocycles. The van der Waals surface area contributed by atoms with Crippen LogP contribution in [-0.2, 0) is 22.4 Å². The molecular formula is C12H12O3. The molecule has 0 N–H and O–H groups in total. The predicted octanol–water partition coefficient (Wildman–Crippen LogP) is 1.45. The molecule has 1 aromatic carbocycles. The normalized spacial score (nSPS) is 14.3. The summed E-state index contributed by atoms with van der Waals surface area (Å²) in [6.07, 6.45) is 2.05. The lowest BCUT2D eigenvalue weighted by molar-refractivity contribution is -0.107. The molecule has 0 fully saturated rings. The van der Waals surface area contributed by atoms with Crippen molar-refractivity contribution in [1.82, 2.24) is 0 Å². The average Bonchev–Trinajstić information content (AvgIpc) is 2.23. The van der Waals surface area contributed by atoms with E-state index in [-0.39, 0.29) is 5.97 Å². The second-order valence-electron chi connectivity index (χ2n) is 3.63. The molecule has 0 bridgehead atoms. The van der Waals surface area contributed by atoms with Crippen LogP contribution in [0.5, 0.6) is 0 Å². The first-order chi connectivity index (χ1) is 7.24. The first-order valence-electron chi connectivity index (χ1n) is 4.96. The minimum absolute atomic E-state index is 0.253. The lowest BCUT2D eigenvalue weighted by Crippen LogP contribution is -2.19. The van der Waals surface area contributed by atoms with Crippen molar-refractivity contribution < 1.29 is 14.3 Å². The SMILES string of the molecule is Cc1c(CC=O)ccc2c1CCOC2=O. The maximum atomic E-state index is 11.4. The molecular weight excluding hydrogens is 192 g/mol. The Balaban J connectivity index is 2.51. The van der Waals surface area contributed by atoms with Crippen LogP contribution in [-0.4, -0.2) is 18.9 Å². The highest BCUT2D eigenvalue weighted by Gasteiger charge is 2.20. The quantitative estimate of drug-likeness (QED) is 0.541. The Morgan fingerprint density at radius 2 is 2.27 bits per heavy atom. The molecule has 1 aromatic rings. The van der Waals surface area contributed by atoms with Crippen LogP contribution in [0.15, 0.2) is 12.1 Å². The summed E-state index contributed by atoms with van der Waals surface area (Å²) in [4.78, 5) is 21.9. The number of esters is 1. The van der Waals surface area contributed by atoms with Crippen LogP contribution in [0.25, 0.3) is 0 Å². The van der Waals surface area contributed by atoms with E-state index in [2.05, 4.69) is 0 Å². The number of carbonyl (C=O) groups is 2. The van der Waals surface area contributed by atoms with Gasteiger partial charge in [-0.15, -0.1) is 0 Å². The van der Waals surface area contributed by atoms with Gasteiger partial charge in [0.25, 0.3) is 0 Å². The number of rotatable bonds is 2. The topological polar surface area (TPSA) is 43.4 Å². The number of fused-ring (bicyclic) bond motifs is 1. The molecule has 3 nitrogen and oxygen atoms in total. The Hall–Kier alpha value is -1.64. The van der Waals surface area contributed by atoms with Gasteiger partial charge < -0.3 is 9.53 Å². The van der Waals surface area contributed by atoms with Crippen LogP contribution < -0.4 is 0 Å². The van der Waals surface area contributed by atoms with E-state index in [0.717, 1.165) is 29.4 Å². The standard InChI is InChI=1S/C12H12O3/c1-8-9(4-6-13)2-3-11-10(8)5-7-15-12(11)14/h2-3,6H,4-5,7H2,1H3. The van der Waals surface area contributed by atoms with Crippen molar-refractivity contribution in [2.24, 2.45) is 0 Å². The van der Waals surface area contributed by atoms with Crippen molar-refractivity contribution in [2.75, 3.05) is 6.61 Å². The second-order valence-corrected chi connectivity index (χ2v) is 3.63. The van der Waals surface area contributed by atoms with Gasteiger partial charge in [0.15, 0.2) is 0 Å². The molecule has 1 aliphatic heterocycles. The third kappa shape index (κ3) is 1.65. The van der Waals surface area contributed by atoms with Gasteiger partial charge >= 0.3 is 5.97 Å². The summed E-state index contributed by atoms with van der Waals surface area (Å²) < 4.78 is 4.95. The van der Waals surface area contributed by atoms with Crippen LogP contribution in [0.3, 0.4) is 0 Å². The summed E-state index contributed by atoms with van der Waals surface area (Å²) in [7, 11) is 0. The highest BCUT2D eigenvalue weighted by atomic mass is 16.5. The molecule has 0 aromatic heterocycles. The third-order valence-corrected chi connectivity index (χ3v) is 2.82. The zero-order valence-corrected chi connectivity index (χ0v) is 8.58. The summed E-state index contributed by atoms with van der Waals surface area (Å²) >= 11 is 0. The van der Waals surface area contributed by atoms with Crippen LogP contribution >= 0.6 is 0 Å². The largest absolute Gasteiger partial charge is 0.462 e. The number of aldehydes is 1. The smallest absolute Gasteiger partial charge is 0.338 e. The van der Waals surface area contributed by atoms with E-state index < -0.39 is 0 Å². The minimum Gasteiger partial charge on any atom is -0.462 e. The fourth-order valence-electron chi connectivity index (χ4n) is 1.95. The van der Waals surface area contributed by atoms with Crippen molar-refractivity contribution >= 4 is 12.3 Å². The number of benzene rings is 1. The van der Waals surface area contributed by atoms with E-state index in [1.54, 1.807) is 6.07 Å². The number of carbonyl (C=O) groups excluding carboxylic acids is 2. The number of hydrogen-bond donors (Lipinski definition) is 0. The van der Waals surface area contributed by atoms with Crippen LogP contribution in [0.1, 0.15) is 27.0 Å². The number of cyclic esters (lactones) is 1. The summed E-state index contributed by atoms with van der Waals surface area (Å²) in [6, 6.07) is 3.58. The molecule has 0 amide bonds. The fraction of sp³-hybridized carbons (Fsp3) is 0.333. The summed E-state index contributed by atoms with van der Waals surface area (Å²) in [6.45, 7) is 2.40. The van der Waals surface area contributed by atoms with Gasteiger partial charge in [-0.3, -0.25) is 0 Å². The predicted molar refractivity (Wildman–Crippen MR) is 54.9 cm³/mol. The van der Waals surface area contributed by atoms with E-state index in [1.807, 2.05) is 13.0 Å². The molecule has 3 heteroatoms. The van der Waals surface area contributed by atoms with Crippen molar-refractivity contribution in [3.05, 3.63) is 34.4 Å². The molecule has 2 rings (SSSR count). The highest BCUT2D eigenvalue weighted by molar-refractivity contribution is 5.92. The van der Waals surface area contributed by atoms with Crippen molar-refractivity contribution in [3.63, 3.8) is 0 Å². The monoisotopic (exact) mass is 204 g/mol. The Morgan fingerprint density at radius 1 is 1.47 bits per heavy atom. The molecule has 15 heavy (non-hydrogen) atoms. The van der Waals surface area contributed by atoms with E-state index in [9.17, 15) is 9.59 Å². The third-order valence-electron chi connectivity index (χ3n) is 2.82. The van der Waals surface area contributed by atoms with E-state index in [4.69, 9.17) is 4.74 Å². The minimum atomic E-state index is -0.253. The molecule has 0 aliphatic carbocycles. The molecule has 0 saturated heterocycles. The molecule has 0 spiro atoms. The molecule has 1 aliphatic rings. The summed E-state index contributed by atoms with van der Waals surface area (Å²) in [5.74, 6) is -0.253. The van der Waals surface area contributed by atoms with Crippen molar-refractivity contribution in [3.8, 4) is 0 Å². The lowest BCUT2D eigenvalue weighted by atomic mass is 9.92. The highest BCUT2D eigenvalue weighted by Crippen LogP contribution is 2.23. The van der Waals surface area contributed by atoms with Gasteiger partial charge in [-0.25, -0.2) is 4.79 Å². The van der Waals surface area contributed by atoms with Crippen LogP contribution in [0.2, 0.25) is 0 Å². The van der Waals surface area contributed by atoms with E-state index >= 15 is 0 Å². The zero-order valence-electron chi connectivity index (χ0n) is 8.58. The van der Waals surface area contributed by atoms with Gasteiger partial charge in [0.05, 0.1) is 12.2 Å². The van der Waals surface area contributed by atoms with Crippen molar-refractivity contribution in [1.29, 1.82) is 0 Å². The molecule has 78 valence electrons. The van der Waals surface area contributed by atoms with E-state index in [0.29, 0.717) is 18.6 Å². The van der Waals surface area contributed by atoms with Gasteiger partial charge in [0.1, 0.15) is 6.29 Å². The summed E-state index contributed by atoms with van der Waals surface area (Å²) in [5.41, 5.74) is 3.73. The maximum absolute atomic E-state index is 11.4. The summed E-state index contributed by atoms with van der Waals surface area (Å²) in [5, 5.41) is 0. The Morgan fingerprint density at radius 3 is 3.00 bits per heavy atom. The molecule has 0 atom stereocenters. The molecule has 1 heterocycles. The zero-order chi connectivity index (χ0) is 10.8. The van der Waals surface area contributed by atoms with Gasteiger partial charge in [-0.05, 0) is 29.7 Å². The Bertz CT molecular complexity index is 421. The Kier molecular flexibility index (Phi) is 2.54. The van der Waals surface area contributed by atoms with Gasteiger partial charge in [0, 0.05) is 12.8 Å². The lowest BCUT2D eigenvalue weighted by Gasteiger charge is -2.19. The first kappa shape index (κ1) is 9.90. The fourth-order valence-corrected chi connectivity index (χ4v) is 1.95. The first-order valence-corrected chi connectivity index (χ1v) is 4.96. The average molecular weight is 204 g/mol. The van der Waals surface area contributed by atoms with E-state index in [1.165, 1.54) is 0 Å². The second kappa shape index (κ2) is 3.85. The van der Waals surface area contributed by atoms with Gasteiger partial charge in [0.2, 0.25) is 0 Å². The van der Waals surface area contributed by atoms with Crippen molar-refractivity contribution in [2.45, 2.75) is 19.8 Å². The molecule has 0 unspecified atom stereocenters. The van der Waals surface area contributed by atoms with Gasteiger partial charge in [-0.2, -0.15) is 0 Å². The maximum Gasteiger partial charge on any atom is 0.338 e. The van der Waals surface area contributed by atoms with Gasteiger partial charge in [-0.1, -0.05) is 6.07 Å². The Labute approximate surface area is 88.1 Å². The number of ether oxygens (including phenoxy) is 1. The molecule has 0 radical (unpaired) electrons. The van der Waals surface area contributed by atoms with Crippen LogP contribution in [0, 0.1) is 6.92 Å². The van der Waals surface area contributed by atoms with Crippen LogP contribution in [0.4, 0.5) is 0 Å².